The predicted molar refractivity (Wildman–Crippen MR) is 61.4 cm³/mol. The lowest BCUT2D eigenvalue weighted by molar-refractivity contribution is -0.146. The number of carbonyl (C=O) groups is 2. The zero-order valence-electron chi connectivity index (χ0n) is 10.9. The lowest BCUT2D eigenvalue weighted by Crippen LogP contribution is -2.43. The van der Waals surface area contributed by atoms with Crippen molar-refractivity contribution in [1.82, 2.24) is 10.8 Å². The van der Waals surface area contributed by atoms with Crippen LogP contribution in [0.25, 0.3) is 0 Å². The first-order chi connectivity index (χ1) is 7.02. The minimum absolute atomic E-state index is 0.0772. The molecule has 5 heteroatoms. The zero-order valence-corrected chi connectivity index (χ0v) is 10.9. The monoisotopic (exact) mass is 230 g/mol. The minimum atomic E-state index is -0.495. The summed E-state index contributed by atoms with van der Waals surface area (Å²) < 4.78 is 0. The predicted octanol–water partition coefficient (Wildman–Crippen LogP) is 0.995. The van der Waals surface area contributed by atoms with Gasteiger partial charge >= 0.3 is 0 Å². The number of nitrogens with one attached hydrogen (secondary N) is 2. The van der Waals surface area contributed by atoms with Gasteiger partial charge in [0.1, 0.15) is 0 Å². The molecule has 0 aromatic carbocycles. The summed E-state index contributed by atoms with van der Waals surface area (Å²) in [6.45, 7) is 10.7. The Balaban J connectivity index is 3.88. The Morgan fingerprint density at radius 2 is 1.56 bits per heavy atom. The molecule has 0 aliphatic carbocycles. The standard InChI is InChI=1S/C11H22N2O3/c1-10(2,3)9(15)12-7-8(14)13-16-11(4,5)6/h7H2,1-6H3,(H,12,15)(H,13,14). The van der Waals surface area contributed by atoms with E-state index in [1.165, 1.54) is 0 Å². The van der Waals surface area contributed by atoms with Crippen molar-refractivity contribution in [3.8, 4) is 0 Å². The van der Waals surface area contributed by atoms with Gasteiger partial charge in [0.05, 0.1) is 12.1 Å². The Morgan fingerprint density at radius 1 is 1.06 bits per heavy atom. The van der Waals surface area contributed by atoms with E-state index in [-0.39, 0.29) is 18.4 Å². The highest BCUT2D eigenvalue weighted by atomic mass is 16.7. The molecule has 0 unspecified atom stereocenters. The second kappa shape index (κ2) is 5.30. The first kappa shape index (κ1) is 14.9. The normalized spacial score (nSPS) is 12.1. The van der Waals surface area contributed by atoms with E-state index in [0.717, 1.165) is 0 Å². The van der Waals surface area contributed by atoms with E-state index in [1.54, 1.807) is 20.8 Å². The van der Waals surface area contributed by atoms with Crippen LogP contribution >= 0.6 is 0 Å². The average molecular weight is 230 g/mol. The van der Waals surface area contributed by atoms with Crippen LogP contribution in [0.5, 0.6) is 0 Å². The molecule has 0 atom stereocenters. The molecule has 0 fully saturated rings. The SMILES string of the molecule is CC(C)(C)ONC(=O)CNC(=O)C(C)(C)C. The molecule has 0 radical (unpaired) electrons. The van der Waals surface area contributed by atoms with Crippen molar-refractivity contribution >= 4 is 11.8 Å². The number of rotatable bonds is 3. The molecule has 2 N–H and O–H groups in total. The Labute approximate surface area is 96.9 Å². The lowest BCUT2D eigenvalue weighted by Gasteiger charge is -2.20. The van der Waals surface area contributed by atoms with Crippen LogP contribution in [0.15, 0.2) is 0 Å². The van der Waals surface area contributed by atoms with Crippen LogP contribution in [0.3, 0.4) is 0 Å². The molecule has 16 heavy (non-hydrogen) atoms. The molecular weight excluding hydrogens is 208 g/mol. The number of hydrogen-bond donors (Lipinski definition) is 2. The molecule has 0 aliphatic heterocycles. The third-order valence-corrected chi connectivity index (χ3v) is 1.56. The first-order valence-electron chi connectivity index (χ1n) is 5.27. The van der Waals surface area contributed by atoms with Crippen LogP contribution in [-0.2, 0) is 14.4 Å². The van der Waals surface area contributed by atoms with Gasteiger partial charge in [-0.15, -0.1) is 0 Å². The summed E-state index contributed by atoms with van der Waals surface area (Å²) in [7, 11) is 0. The third-order valence-electron chi connectivity index (χ3n) is 1.56. The van der Waals surface area contributed by atoms with Gasteiger partial charge in [0, 0.05) is 5.41 Å². The van der Waals surface area contributed by atoms with Crippen molar-refractivity contribution in [2.75, 3.05) is 6.54 Å². The van der Waals surface area contributed by atoms with E-state index in [9.17, 15) is 9.59 Å². The first-order valence-corrected chi connectivity index (χ1v) is 5.27. The van der Waals surface area contributed by atoms with E-state index in [0.29, 0.717) is 0 Å². The van der Waals surface area contributed by atoms with E-state index >= 15 is 0 Å². The highest BCUT2D eigenvalue weighted by Gasteiger charge is 2.21. The summed E-state index contributed by atoms with van der Waals surface area (Å²) in [6.07, 6.45) is 0. The van der Waals surface area contributed by atoms with Gasteiger partial charge in [0.25, 0.3) is 5.91 Å². The summed E-state index contributed by atoms with van der Waals surface area (Å²) in [6, 6.07) is 0. The van der Waals surface area contributed by atoms with Gasteiger partial charge in [-0.3, -0.25) is 14.4 Å². The Hall–Kier alpha value is -1.10. The van der Waals surface area contributed by atoms with Gasteiger partial charge in [0.15, 0.2) is 0 Å². The molecule has 0 aliphatic rings. The van der Waals surface area contributed by atoms with Gasteiger partial charge in [-0.1, -0.05) is 20.8 Å². The van der Waals surface area contributed by atoms with Crippen molar-refractivity contribution in [1.29, 1.82) is 0 Å². The number of hydrogen-bond acceptors (Lipinski definition) is 3. The Morgan fingerprint density at radius 3 is 1.94 bits per heavy atom. The third kappa shape index (κ3) is 7.23. The molecule has 5 nitrogen and oxygen atoms in total. The molecule has 0 heterocycles. The fraction of sp³-hybridized carbons (Fsp3) is 0.818. The quantitative estimate of drug-likeness (QED) is 0.711. The number of amides is 2. The molecule has 94 valence electrons. The smallest absolute Gasteiger partial charge is 0.262 e. The molecule has 0 aromatic rings. The summed E-state index contributed by atoms with van der Waals surface area (Å²) in [5.41, 5.74) is 1.34. The molecule has 0 aromatic heterocycles. The molecular formula is C11H22N2O3. The van der Waals surface area contributed by atoms with E-state index in [1.807, 2.05) is 20.8 Å². The topological polar surface area (TPSA) is 67.4 Å². The van der Waals surface area contributed by atoms with Gasteiger partial charge < -0.3 is 5.32 Å². The summed E-state index contributed by atoms with van der Waals surface area (Å²) in [4.78, 5) is 27.8. The van der Waals surface area contributed by atoms with Crippen molar-refractivity contribution in [2.24, 2.45) is 5.41 Å². The largest absolute Gasteiger partial charge is 0.346 e. The summed E-state index contributed by atoms with van der Waals surface area (Å²) in [5.74, 6) is -0.536. The summed E-state index contributed by atoms with van der Waals surface area (Å²) in [5, 5.41) is 2.53. The molecule has 0 bridgehead atoms. The maximum Gasteiger partial charge on any atom is 0.262 e. The van der Waals surface area contributed by atoms with Crippen molar-refractivity contribution in [2.45, 2.75) is 47.1 Å². The van der Waals surface area contributed by atoms with Crippen LogP contribution in [0.1, 0.15) is 41.5 Å². The Bertz CT molecular complexity index is 261. The van der Waals surface area contributed by atoms with E-state index in [4.69, 9.17) is 4.84 Å². The van der Waals surface area contributed by atoms with Crippen LogP contribution in [0.4, 0.5) is 0 Å². The lowest BCUT2D eigenvalue weighted by atomic mass is 9.96. The van der Waals surface area contributed by atoms with Gasteiger partial charge in [-0.2, -0.15) is 0 Å². The van der Waals surface area contributed by atoms with Gasteiger partial charge in [0.2, 0.25) is 5.91 Å². The maximum atomic E-state index is 11.4. The van der Waals surface area contributed by atoms with Crippen LogP contribution in [0, 0.1) is 5.41 Å². The molecule has 0 saturated heterocycles. The maximum absolute atomic E-state index is 11.4. The van der Waals surface area contributed by atoms with Crippen LogP contribution in [0.2, 0.25) is 0 Å². The Kier molecular flexibility index (Phi) is 4.93. The van der Waals surface area contributed by atoms with Crippen molar-refractivity contribution in [3.05, 3.63) is 0 Å². The zero-order chi connectivity index (χ0) is 13.0. The highest BCUT2D eigenvalue weighted by Crippen LogP contribution is 2.11. The van der Waals surface area contributed by atoms with Crippen molar-refractivity contribution in [3.63, 3.8) is 0 Å². The average Bonchev–Trinajstić information content (AvgIpc) is 2.08. The number of carbonyl (C=O) groups excluding carboxylic acids is 2. The second-order valence-corrected chi connectivity index (χ2v) is 5.67. The number of hydroxylamine groups is 1. The second-order valence-electron chi connectivity index (χ2n) is 5.67. The summed E-state index contributed by atoms with van der Waals surface area (Å²) >= 11 is 0. The molecule has 2 amide bonds. The fourth-order valence-electron chi connectivity index (χ4n) is 0.672. The molecule has 0 rings (SSSR count). The molecule has 0 saturated carbocycles. The highest BCUT2D eigenvalue weighted by molar-refractivity contribution is 5.86. The minimum Gasteiger partial charge on any atom is -0.346 e. The van der Waals surface area contributed by atoms with Gasteiger partial charge in [-0.25, -0.2) is 5.48 Å². The van der Waals surface area contributed by atoms with Crippen LogP contribution in [-0.4, -0.2) is 24.0 Å². The van der Waals surface area contributed by atoms with Crippen LogP contribution < -0.4 is 10.8 Å². The molecule has 0 spiro atoms. The van der Waals surface area contributed by atoms with E-state index < -0.39 is 11.0 Å². The van der Waals surface area contributed by atoms with Crippen molar-refractivity contribution < 1.29 is 14.4 Å². The van der Waals surface area contributed by atoms with Gasteiger partial charge in [-0.05, 0) is 20.8 Å². The van der Waals surface area contributed by atoms with E-state index in [2.05, 4.69) is 10.8 Å². The fourth-order valence-corrected chi connectivity index (χ4v) is 0.672.